The highest BCUT2D eigenvalue weighted by molar-refractivity contribution is 6.61. The van der Waals surface area contributed by atoms with Gasteiger partial charge in [0.25, 0.3) is 0 Å². The molecule has 19 heavy (non-hydrogen) atoms. The third-order valence-electron chi connectivity index (χ3n) is 2.90. The molecule has 2 nitrogen and oxygen atoms in total. The second-order valence-corrected chi connectivity index (χ2v) is 4.23. The largest absolute Gasteiger partial charge is 0.493 e. The topological polar surface area (TPSA) is 18.5 Å². The van der Waals surface area contributed by atoms with Crippen molar-refractivity contribution < 1.29 is 9.31 Å². The maximum absolute atomic E-state index is 5.64. The molecule has 0 aromatic heterocycles. The van der Waals surface area contributed by atoms with E-state index in [9.17, 15) is 0 Å². The van der Waals surface area contributed by atoms with Crippen LogP contribution in [0.3, 0.4) is 0 Å². The smallest absolute Gasteiger partial charge is 0.408 e. The van der Waals surface area contributed by atoms with Gasteiger partial charge < -0.3 is 9.31 Å². The lowest BCUT2D eigenvalue weighted by atomic mass is 9.77. The van der Waals surface area contributed by atoms with Gasteiger partial charge in [0.15, 0.2) is 0 Å². The van der Waals surface area contributed by atoms with Crippen molar-refractivity contribution in [1.29, 1.82) is 0 Å². The Morgan fingerprint density at radius 2 is 1.42 bits per heavy atom. The summed E-state index contributed by atoms with van der Waals surface area (Å²) in [6, 6.07) is 18.7. The molecule has 0 amide bonds. The highest BCUT2D eigenvalue weighted by Crippen LogP contribution is 2.17. The Bertz CT molecular complexity index is 493. The van der Waals surface area contributed by atoms with Gasteiger partial charge in [-0.25, -0.2) is 0 Å². The zero-order valence-electron chi connectivity index (χ0n) is 11.5. The fourth-order valence-electron chi connectivity index (χ4n) is 2.04. The normalized spacial score (nSPS) is 10.4. The predicted octanol–water partition coefficient (Wildman–Crippen LogP) is 3.12. The van der Waals surface area contributed by atoms with E-state index in [1.165, 1.54) is 11.1 Å². The van der Waals surface area contributed by atoms with E-state index >= 15 is 0 Å². The van der Waals surface area contributed by atoms with Gasteiger partial charge in [0.2, 0.25) is 0 Å². The second kappa shape index (κ2) is 7.12. The van der Waals surface area contributed by atoms with Gasteiger partial charge in [-0.1, -0.05) is 54.6 Å². The van der Waals surface area contributed by atoms with Gasteiger partial charge in [0.1, 0.15) is 0 Å². The van der Waals surface area contributed by atoms with Crippen LogP contribution in [-0.4, -0.2) is 20.3 Å². The Morgan fingerprint density at radius 1 is 0.789 bits per heavy atom. The SMILES string of the molecule is CCOB(OCC)c1cccc(-c2ccccc2)c1. The van der Waals surface area contributed by atoms with E-state index in [0.29, 0.717) is 13.2 Å². The van der Waals surface area contributed by atoms with Crippen LogP contribution in [0, 0.1) is 0 Å². The molecule has 0 saturated carbocycles. The highest BCUT2D eigenvalue weighted by atomic mass is 16.6. The van der Waals surface area contributed by atoms with Crippen LogP contribution in [0.15, 0.2) is 54.6 Å². The summed E-state index contributed by atoms with van der Waals surface area (Å²) in [7, 11) is -0.279. The lowest BCUT2D eigenvalue weighted by Gasteiger charge is -2.13. The molecule has 0 radical (unpaired) electrons. The Kier molecular flexibility index (Phi) is 5.19. The van der Waals surface area contributed by atoms with Crippen molar-refractivity contribution in [2.24, 2.45) is 0 Å². The minimum Gasteiger partial charge on any atom is -0.408 e. The van der Waals surface area contributed by atoms with Gasteiger partial charge in [0.05, 0.1) is 0 Å². The summed E-state index contributed by atoms with van der Waals surface area (Å²) in [6.45, 7) is 5.24. The summed E-state index contributed by atoms with van der Waals surface area (Å²) in [5.74, 6) is 0. The predicted molar refractivity (Wildman–Crippen MR) is 80.5 cm³/mol. The first-order valence-corrected chi connectivity index (χ1v) is 6.73. The van der Waals surface area contributed by atoms with E-state index in [4.69, 9.17) is 9.31 Å². The molecule has 2 rings (SSSR count). The summed E-state index contributed by atoms with van der Waals surface area (Å²) in [5.41, 5.74) is 3.45. The average molecular weight is 254 g/mol. The Hall–Kier alpha value is -1.58. The van der Waals surface area contributed by atoms with E-state index in [-0.39, 0.29) is 7.12 Å². The van der Waals surface area contributed by atoms with Crippen molar-refractivity contribution in [3.63, 3.8) is 0 Å². The highest BCUT2D eigenvalue weighted by Gasteiger charge is 2.20. The van der Waals surface area contributed by atoms with Crippen LogP contribution in [0.4, 0.5) is 0 Å². The zero-order chi connectivity index (χ0) is 13.5. The first-order valence-electron chi connectivity index (χ1n) is 6.73. The van der Waals surface area contributed by atoms with E-state index in [1.807, 2.05) is 44.2 Å². The molecular weight excluding hydrogens is 235 g/mol. The van der Waals surface area contributed by atoms with Crippen LogP contribution in [-0.2, 0) is 9.31 Å². The molecule has 0 fully saturated rings. The summed E-state index contributed by atoms with van der Waals surface area (Å²) in [5, 5.41) is 0. The molecule has 0 N–H and O–H groups in total. The summed E-state index contributed by atoms with van der Waals surface area (Å²) < 4.78 is 11.3. The van der Waals surface area contributed by atoms with Gasteiger partial charge in [0, 0.05) is 13.2 Å². The maximum atomic E-state index is 5.64. The molecule has 98 valence electrons. The molecule has 2 aromatic carbocycles. The fraction of sp³-hybridized carbons (Fsp3) is 0.250. The van der Waals surface area contributed by atoms with Crippen LogP contribution in [0.25, 0.3) is 11.1 Å². The summed E-state index contributed by atoms with van der Waals surface area (Å²) in [6.07, 6.45) is 0. The van der Waals surface area contributed by atoms with Crippen LogP contribution in [0.2, 0.25) is 0 Å². The zero-order valence-corrected chi connectivity index (χ0v) is 11.5. The van der Waals surface area contributed by atoms with Gasteiger partial charge in [-0.3, -0.25) is 0 Å². The summed E-state index contributed by atoms with van der Waals surface area (Å²) >= 11 is 0. The van der Waals surface area contributed by atoms with Crippen molar-refractivity contribution >= 4 is 12.6 Å². The molecule has 0 unspecified atom stereocenters. The van der Waals surface area contributed by atoms with Crippen LogP contribution in [0.1, 0.15) is 13.8 Å². The van der Waals surface area contributed by atoms with Crippen LogP contribution >= 0.6 is 0 Å². The number of benzene rings is 2. The standard InChI is InChI=1S/C16H19BO2/c1-3-18-17(19-4-2)16-12-8-11-15(13-16)14-9-6-5-7-10-14/h5-13H,3-4H2,1-2H3. The minimum absolute atomic E-state index is 0.279. The molecule has 0 bridgehead atoms. The molecule has 2 aromatic rings. The number of rotatable bonds is 6. The van der Waals surface area contributed by atoms with Crippen LogP contribution in [0.5, 0.6) is 0 Å². The molecule has 0 spiro atoms. The van der Waals surface area contributed by atoms with E-state index in [1.54, 1.807) is 0 Å². The maximum Gasteiger partial charge on any atom is 0.493 e. The monoisotopic (exact) mass is 254 g/mol. The second-order valence-electron chi connectivity index (χ2n) is 4.23. The quantitative estimate of drug-likeness (QED) is 0.737. The molecule has 0 saturated heterocycles. The van der Waals surface area contributed by atoms with Gasteiger partial charge in [-0.05, 0) is 30.4 Å². The van der Waals surface area contributed by atoms with E-state index in [0.717, 1.165) is 5.46 Å². The summed E-state index contributed by atoms with van der Waals surface area (Å²) in [4.78, 5) is 0. The molecule has 3 heteroatoms. The van der Waals surface area contributed by atoms with Gasteiger partial charge in [-0.2, -0.15) is 0 Å². The van der Waals surface area contributed by atoms with Crippen molar-refractivity contribution in [3.05, 3.63) is 54.6 Å². The third kappa shape index (κ3) is 3.69. The molecule has 0 aliphatic heterocycles. The van der Waals surface area contributed by atoms with E-state index in [2.05, 4.69) is 24.3 Å². The van der Waals surface area contributed by atoms with Crippen LogP contribution < -0.4 is 5.46 Å². The van der Waals surface area contributed by atoms with Gasteiger partial charge in [-0.15, -0.1) is 0 Å². The van der Waals surface area contributed by atoms with Crippen molar-refractivity contribution in [2.45, 2.75) is 13.8 Å². The van der Waals surface area contributed by atoms with Gasteiger partial charge >= 0.3 is 7.12 Å². The van der Waals surface area contributed by atoms with E-state index < -0.39 is 0 Å². The Labute approximate surface area is 115 Å². The number of hydrogen-bond donors (Lipinski definition) is 0. The molecule has 0 aliphatic rings. The molecule has 0 atom stereocenters. The molecule has 0 aliphatic carbocycles. The minimum atomic E-state index is -0.279. The lowest BCUT2D eigenvalue weighted by molar-refractivity contribution is 0.225. The fourth-order valence-corrected chi connectivity index (χ4v) is 2.04. The first-order chi connectivity index (χ1) is 9.35. The lowest BCUT2D eigenvalue weighted by Crippen LogP contribution is -2.37. The average Bonchev–Trinajstić information content (AvgIpc) is 2.48. The molecular formula is C16H19BO2. The van der Waals surface area contributed by atoms with Crippen molar-refractivity contribution in [3.8, 4) is 11.1 Å². The Balaban J connectivity index is 2.27. The van der Waals surface area contributed by atoms with Crippen molar-refractivity contribution in [2.75, 3.05) is 13.2 Å². The third-order valence-corrected chi connectivity index (χ3v) is 2.90. The number of hydrogen-bond acceptors (Lipinski definition) is 2. The Morgan fingerprint density at radius 3 is 2.05 bits per heavy atom. The van der Waals surface area contributed by atoms with Crippen molar-refractivity contribution in [1.82, 2.24) is 0 Å². The first kappa shape index (κ1) is 13.8. The molecule has 0 heterocycles.